The number of para-hydroxylation sites is 2. The van der Waals surface area contributed by atoms with Crippen molar-refractivity contribution in [1.82, 2.24) is 14.8 Å². The Labute approximate surface area is 170 Å². The SMILES string of the molecule is Cc1nn(-c2ccccc2)c(C)c1/C=N/N1CCN(c2ccccc2Cl)CC1. The molecule has 0 N–H and O–H groups in total. The van der Waals surface area contributed by atoms with Crippen LogP contribution in [0, 0.1) is 13.8 Å². The molecule has 2 aromatic carbocycles. The molecule has 0 unspecified atom stereocenters. The van der Waals surface area contributed by atoms with Crippen LogP contribution in [0.3, 0.4) is 0 Å². The van der Waals surface area contributed by atoms with Crippen molar-refractivity contribution in [3.63, 3.8) is 0 Å². The molecule has 0 atom stereocenters. The minimum absolute atomic E-state index is 0.805. The van der Waals surface area contributed by atoms with Crippen LogP contribution in [0.5, 0.6) is 0 Å². The molecule has 1 aliphatic heterocycles. The van der Waals surface area contributed by atoms with Crippen molar-refractivity contribution in [3.05, 3.63) is 76.6 Å². The summed E-state index contributed by atoms with van der Waals surface area (Å²) in [4.78, 5) is 2.32. The number of rotatable bonds is 4. The minimum atomic E-state index is 0.805. The maximum Gasteiger partial charge on any atom is 0.0689 e. The van der Waals surface area contributed by atoms with Gasteiger partial charge in [-0.05, 0) is 38.1 Å². The molecule has 6 heteroatoms. The summed E-state index contributed by atoms with van der Waals surface area (Å²) in [6, 6.07) is 18.2. The lowest BCUT2D eigenvalue weighted by molar-refractivity contribution is 0.272. The summed E-state index contributed by atoms with van der Waals surface area (Å²) in [5, 5.41) is 12.3. The Morgan fingerprint density at radius 2 is 1.61 bits per heavy atom. The number of aryl methyl sites for hydroxylation is 1. The fourth-order valence-electron chi connectivity index (χ4n) is 3.56. The normalized spacial score (nSPS) is 14.8. The molecule has 144 valence electrons. The summed E-state index contributed by atoms with van der Waals surface area (Å²) in [5.41, 5.74) is 5.33. The van der Waals surface area contributed by atoms with Gasteiger partial charge in [0, 0.05) is 18.7 Å². The average Bonchev–Trinajstić information content (AvgIpc) is 3.01. The summed E-state index contributed by atoms with van der Waals surface area (Å²) in [6.07, 6.45) is 1.95. The molecule has 28 heavy (non-hydrogen) atoms. The predicted octanol–water partition coefficient (Wildman–Crippen LogP) is 4.30. The molecule has 0 aliphatic carbocycles. The summed E-state index contributed by atoms with van der Waals surface area (Å²) < 4.78 is 1.98. The van der Waals surface area contributed by atoms with Crippen LogP contribution in [0.1, 0.15) is 17.0 Å². The van der Waals surface area contributed by atoms with Crippen molar-refractivity contribution < 1.29 is 0 Å². The second kappa shape index (κ2) is 8.07. The molecule has 5 nitrogen and oxygen atoms in total. The Balaban J connectivity index is 1.45. The Morgan fingerprint density at radius 1 is 0.929 bits per heavy atom. The third-order valence-electron chi connectivity index (χ3n) is 5.15. The van der Waals surface area contributed by atoms with Gasteiger partial charge in [-0.15, -0.1) is 0 Å². The molecule has 1 fully saturated rings. The van der Waals surface area contributed by atoms with Crippen molar-refractivity contribution in [2.75, 3.05) is 31.1 Å². The zero-order valence-electron chi connectivity index (χ0n) is 16.2. The Morgan fingerprint density at radius 3 is 2.32 bits per heavy atom. The van der Waals surface area contributed by atoms with Gasteiger partial charge in [-0.25, -0.2) is 4.68 Å². The van der Waals surface area contributed by atoms with Crippen molar-refractivity contribution in [2.24, 2.45) is 5.10 Å². The molecular weight excluding hydrogens is 370 g/mol. The van der Waals surface area contributed by atoms with Crippen molar-refractivity contribution >= 4 is 23.5 Å². The number of anilines is 1. The van der Waals surface area contributed by atoms with Crippen molar-refractivity contribution in [1.29, 1.82) is 0 Å². The first kappa shape index (κ1) is 18.6. The van der Waals surface area contributed by atoms with Crippen LogP contribution < -0.4 is 4.90 Å². The van der Waals surface area contributed by atoms with Gasteiger partial charge in [0.1, 0.15) is 0 Å². The van der Waals surface area contributed by atoms with E-state index in [2.05, 4.69) is 40.1 Å². The van der Waals surface area contributed by atoms with Crippen molar-refractivity contribution in [2.45, 2.75) is 13.8 Å². The molecule has 1 aliphatic rings. The van der Waals surface area contributed by atoms with E-state index in [1.807, 2.05) is 54.2 Å². The quantitative estimate of drug-likeness (QED) is 0.620. The van der Waals surface area contributed by atoms with E-state index in [-0.39, 0.29) is 0 Å². The van der Waals surface area contributed by atoms with Gasteiger partial charge in [-0.2, -0.15) is 10.2 Å². The van der Waals surface area contributed by atoms with Gasteiger partial charge < -0.3 is 4.90 Å². The summed E-state index contributed by atoms with van der Waals surface area (Å²) >= 11 is 6.33. The third-order valence-corrected chi connectivity index (χ3v) is 5.47. The molecule has 0 amide bonds. The van der Waals surface area contributed by atoms with Gasteiger partial charge in [-0.3, -0.25) is 5.01 Å². The topological polar surface area (TPSA) is 36.7 Å². The van der Waals surface area contributed by atoms with Gasteiger partial charge in [0.05, 0.1) is 47.1 Å². The van der Waals surface area contributed by atoms with Gasteiger partial charge in [0.15, 0.2) is 0 Å². The Kier molecular flexibility index (Phi) is 5.35. The maximum atomic E-state index is 6.33. The number of aromatic nitrogens is 2. The fourth-order valence-corrected chi connectivity index (χ4v) is 3.82. The second-order valence-electron chi connectivity index (χ2n) is 6.97. The number of hydrazone groups is 1. The number of hydrogen-bond donors (Lipinski definition) is 0. The standard InChI is InChI=1S/C22H24ClN5/c1-17-20(18(2)28(25-17)19-8-4-3-5-9-19)16-24-27-14-12-26(13-15-27)22-11-7-6-10-21(22)23/h3-11,16H,12-15H2,1-2H3/b24-16+. The number of hydrogen-bond acceptors (Lipinski definition) is 4. The zero-order valence-corrected chi connectivity index (χ0v) is 17.0. The molecule has 0 radical (unpaired) electrons. The van der Waals surface area contributed by atoms with Crippen LogP contribution in [0.2, 0.25) is 5.02 Å². The first-order chi connectivity index (χ1) is 13.6. The summed E-state index contributed by atoms with van der Waals surface area (Å²) in [7, 11) is 0. The fraction of sp³-hybridized carbons (Fsp3) is 0.273. The van der Waals surface area contributed by atoms with E-state index in [9.17, 15) is 0 Å². The maximum absolute atomic E-state index is 6.33. The molecule has 1 saturated heterocycles. The van der Waals surface area contributed by atoms with E-state index in [0.29, 0.717) is 0 Å². The van der Waals surface area contributed by atoms with E-state index in [1.54, 1.807) is 0 Å². The third kappa shape index (κ3) is 3.76. The molecule has 2 heterocycles. The number of nitrogens with zero attached hydrogens (tertiary/aromatic N) is 5. The van der Waals surface area contributed by atoms with Crippen LogP contribution in [0.15, 0.2) is 59.7 Å². The van der Waals surface area contributed by atoms with Gasteiger partial charge in [0.25, 0.3) is 0 Å². The molecule has 3 aromatic rings. The minimum Gasteiger partial charge on any atom is -0.367 e. The van der Waals surface area contributed by atoms with E-state index in [4.69, 9.17) is 16.7 Å². The van der Waals surface area contributed by atoms with Crippen LogP contribution in [0.25, 0.3) is 5.69 Å². The van der Waals surface area contributed by atoms with Gasteiger partial charge in [0.2, 0.25) is 0 Å². The molecular formula is C22H24ClN5. The molecule has 0 spiro atoms. The average molecular weight is 394 g/mol. The van der Waals surface area contributed by atoms with E-state index >= 15 is 0 Å². The monoisotopic (exact) mass is 393 g/mol. The van der Waals surface area contributed by atoms with Crippen LogP contribution in [-0.2, 0) is 0 Å². The van der Waals surface area contributed by atoms with E-state index in [1.165, 1.54) is 0 Å². The first-order valence-electron chi connectivity index (χ1n) is 9.53. The predicted molar refractivity (Wildman–Crippen MR) is 116 cm³/mol. The highest BCUT2D eigenvalue weighted by molar-refractivity contribution is 6.33. The molecule has 1 aromatic heterocycles. The highest BCUT2D eigenvalue weighted by atomic mass is 35.5. The van der Waals surface area contributed by atoms with Crippen LogP contribution in [-0.4, -0.2) is 47.2 Å². The number of halogens is 1. The molecule has 0 saturated carbocycles. The Hall–Kier alpha value is -2.79. The van der Waals surface area contributed by atoms with E-state index < -0.39 is 0 Å². The lowest BCUT2D eigenvalue weighted by Crippen LogP contribution is -2.44. The first-order valence-corrected chi connectivity index (χ1v) is 9.91. The van der Waals surface area contributed by atoms with E-state index in [0.717, 1.165) is 59.5 Å². The van der Waals surface area contributed by atoms with Crippen LogP contribution in [0.4, 0.5) is 5.69 Å². The highest BCUT2D eigenvalue weighted by Gasteiger charge is 2.18. The van der Waals surface area contributed by atoms with Crippen LogP contribution >= 0.6 is 11.6 Å². The molecule has 0 bridgehead atoms. The number of benzene rings is 2. The van der Waals surface area contributed by atoms with Gasteiger partial charge >= 0.3 is 0 Å². The lowest BCUT2D eigenvalue weighted by Gasteiger charge is -2.35. The lowest BCUT2D eigenvalue weighted by atomic mass is 10.2. The summed E-state index contributed by atoms with van der Waals surface area (Å²) in [5.74, 6) is 0. The Bertz CT molecular complexity index is 972. The highest BCUT2D eigenvalue weighted by Crippen LogP contribution is 2.26. The van der Waals surface area contributed by atoms with Crippen molar-refractivity contribution in [3.8, 4) is 5.69 Å². The number of piperazine rings is 1. The largest absolute Gasteiger partial charge is 0.367 e. The zero-order chi connectivity index (χ0) is 19.5. The smallest absolute Gasteiger partial charge is 0.0689 e. The summed E-state index contributed by atoms with van der Waals surface area (Å²) in [6.45, 7) is 7.66. The second-order valence-corrected chi connectivity index (χ2v) is 7.38. The molecule has 4 rings (SSSR count). The van der Waals surface area contributed by atoms with Gasteiger partial charge in [-0.1, -0.05) is 41.9 Å².